The quantitative estimate of drug-likeness (QED) is 0.410. The van der Waals surface area contributed by atoms with E-state index in [0.29, 0.717) is 22.1 Å². The van der Waals surface area contributed by atoms with Gasteiger partial charge >= 0.3 is 0 Å². The lowest BCUT2D eigenvalue weighted by molar-refractivity contribution is 0.0422. The molecule has 0 amide bonds. The van der Waals surface area contributed by atoms with E-state index in [2.05, 4.69) is 4.98 Å². The summed E-state index contributed by atoms with van der Waals surface area (Å²) in [4.78, 5) is 15.6. The van der Waals surface area contributed by atoms with Crippen LogP contribution in [-0.2, 0) is 11.5 Å². The largest absolute Gasteiger partial charge is 0.497 e. The first-order valence-corrected chi connectivity index (χ1v) is 8.66. The number of aliphatic hydroxyl groups is 1. The fourth-order valence-corrected chi connectivity index (χ4v) is 3.44. The maximum absolute atomic E-state index is 12.1. The molecule has 0 radical (unpaired) electrons. The molecule has 2 aromatic rings. The number of H-pyrrole nitrogens is 1. The van der Waals surface area contributed by atoms with Crippen LogP contribution in [0.15, 0.2) is 32.9 Å². The lowest BCUT2D eigenvalue weighted by Crippen LogP contribution is -2.20. The van der Waals surface area contributed by atoms with Gasteiger partial charge in [-0.2, -0.15) is 0 Å². The van der Waals surface area contributed by atoms with Gasteiger partial charge in [0.05, 0.1) is 32.5 Å². The van der Waals surface area contributed by atoms with Crippen molar-refractivity contribution in [3.63, 3.8) is 0 Å². The molecular formula is C16H20N2O5S2. The predicted molar refractivity (Wildman–Crippen MR) is 97.3 cm³/mol. The number of aromatic nitrogens is 2. The van der Waals surface area contributed by atoms with Gasteiger partial charge in [0.1, 0.15) is 18.2 Å². The first-order valence-electron chi connectivity index (χ1n) is 7.43. The van der Waals surface area contributed by atoms with Crippen LogP contribution < -0.4 is 15.0 Å². The Bertz CT molecular complexity index is 825. The van der Waals surface area contributed by atoms with E-state index in [1.807, 2.05) is 12.1 Å². The molecular weight excluding hydrogens is 364 g/mol. The van der Waals surface area contributed by atoms with E-state index in [0.717, 1.165) is 4.90 Å². The Morgan fingerprint density at radius 2 is 1.88 bits per heavy atom. The van der Waals surface area contributed by atoms with Crippen molar-refractivity contribution in [2.24, 2.45) is 0 Å². The lowest BCUT2D eigenvalue weighted by Gasteiger charge is -2.16. The topological polar surface area (TPSA) is 85.7 Å². The van der Waals surface area contributed by atoms with Crippen molar-refractivity contribution < 1.29 is 19.3 Å². The molecule has 1 aromatic carbocycles. The van der Waals surface area contributed by atoms with Crippen LogP contribution >= 0.6 is 24.0 Å². The summed E-state index contributed by atoms with van der Waals surface area (Å²) in [6, 6.07) is 5.46. The molecule has 0 aliphatic rings. The third-order valence-electron chi connectivity index (χ3n) is 3.37. The van der Waals surface area contributed by atoms with Gasteiger partial charge in [-0.15, -0.1) is 0 Å². The van der Waals surface area contributed by atoms with E-state index < -0.39 is 0 Å². The van der Waals surface area contributed by atoms with Crippen molar-refractivity contribution in [3.05, 3.63) is 38.9 Å². The molecule has 2 rings (SSSR count). The summed E-state index contributed by atoms with van der Waals surface area (Å²) < 4.78 is 17.9. The smallest absolute Gasteiger partial charge is 0.255 e. The number of aliphatic hydroxyl groups excluding tert-OH is 1. The van der Waals surface area contributed by atoms with Crippen LogP contribution in [0.1, 0.15) is 5.56 Å². The molecule has 1 aromatic heterocycles. The Labute approximate surface area is 154 Å². The van der Waals surface area contributed by atoms with Gasteiger partial charge in [0, 0.05) is 16.5 Å². The monoisotopic (exact) mass is 384 g/mol. The maximum atomic E-state index is 12.1. The molecule has 0 atom stereocenters. The molecule has 2 N–H and O–H groups in total. The standard InChI is InChI=1S/C16H20N2O5S2/c1-10-14(20)17-16(24)18(9-23-5-4-19)15(10)25-13-7-11(21-2)6-12(8-13)22-3/h6-8,19H,4-5,9H2,1-3H3,(H,17,20,24). The average Bonchev–Trinajstić information content (AvgIpc) is 2.61. The van der Waals surface area contributed by atoms with E-state index in [4.69, 9.17) is 31.5 Å². The first-order chi connectivity index (χ1) is 12.0. The van der Waals surface area contributed by atoms with Crippen molar-refractivity contribution in [1.82, 2.24) is 9.55 Å². The van der Waals surface area contributed by atoms with Crippen LogP contribution in [0, 0.1) is 11.7 Å². The van der Waals surface area contributed by atoms with Gasteiger partial charge in [-0.1, -0.05) is 11.8 Å². The van der Waals surface area contributed by atoms with E-state index >= 15 is 0 Å². The third kappa shape index (κ3) is 4.85. The summed E-state index contributed by atoms with van der Waals surface area (Å²) in [5.74, 6) is 1.29. The number of hydrogen-bond acceptors (Lipinski definition) is 7. The first kappa shape index (κ1) is 19.5. The summed E-state index contributed by atoms with van der Waals surface area (Å²) >= 11 is 6.61. The van der Waals surface area contributed by atoms with Crippen LogP contribution in [0.4, 0.5) is 0 Å². The van der Waals surface area contributed by atoms with Gasteiger partial charge in [0.25, 0.3) is 5.56 Å². The van der Waals surface area contributed by atoms with Gasteiger partial charge in [-0.25, -0.2) is 0 Å². The zero-order chi connectivity index (χ0) is 18.4. The highest BCUT2D eigenvalue weighted by Gasteiger charge is 2.13. The highest BCUT2D eigenvalue weighted by atomic mass is 32.2. The van der Waals surface area contributed by atoms with Crippen LogP contribution in [0.25, 0.3) is 0 Å². The highest BCUT2D eigenvalue weighted by molar-refractivity contribution is 7.99. The number of benzene rings is 1. The summed E-state index contributed by atoms with van der Waals surface area (Å²) in [7, 11) is 3.15. The Morgan fingerprint density at radius 1 is 1.24 bits per heavy atom. The van der Waals surface area contributed by atoms with E-state index in [9.17, 15) is 4.79 Å². The average molecular weight is 384 g/mol. The predicted octanol–water partition coefficient (Wildman–Crippen LogP) is 2.35. The van der Waals surface area contributed by atoms with Gasteiger partial charge in [0.15, 0.2) is 4.77 Å². The van der Waals surface area contributed by atoms with E-state index in [-0.39, 0.29) is 30.3 Å². The second kappa shape index (κ2) is 9.04. The van der Waals surface area contributed by atoms with E-state index in [1.54, 1.807) is 31.8 Å². The van der Waals surface area contributed by atoms with Gasteiger partial charge in [-0.3, -0.25) is 14.3 Å². The van der Waals surface area contributed by atoms with Crippen LogP contribution in [0.3, 0.4) is 0 Å². The fourth-order valence-electron chi connectivity index (χ4n) is 2.07. The van der Waals surface area contributed by atoms with Crippen molar-refractivity contribution in [3.8, 4) is 11.5 Å². The summed E-state index contributed by atoms with van der Waals surface area (Å²) in [5, 5.41) is 9.54. The maximum Gasteiger partial charge on any atom is 0.255 e. The number of aromatic amines is 1. The summed E-state index contributed by atoms with van der Waals surface area (Å²) in [5.41, 5.74) is 0.272. The number of rotatable bonds is 8. The SMILES string of the molecule is COc1cc(OC)cc(Sc2c(C)c(=O)[nH]c(=S)n2COCCO)c1. The minimum Gasteiger partial charge on any atom is -0.497 e. The molecule has 0 saturated carbocycles. The van der Waals surface area contributed by atoms with Gasteiger partial charge < -0.3 is 19.3 Å². The molecule has 0 bridgehead atoms. The summed E-state index contributed by atoms with van der Waals surface area (Å²) in [6.45, 7) is 1.93. The lowest BCUT2D eigenvalue weighted by atomic mass is 10.3. The molecule has 0 aliphatic carbocycles. The molecule has 0 saturated heterocycles. The minimum absolute atomic E-state index is 0.0920. The molecule has 0 aliphatic heterocycles. The molecule has 1 heterocycles. The molecule has 25 heavy (non-hydrogen) atoms. The number of methoxy groups -OCH3 is 2. The second-order valence-corrected chi connectivity index (χ2v) is 6.48. The van der Waals surface area contributed by atoms with Crippen LogP contribution in [-0.4, -0.2) is 42.1 Å². The van der Waals surface area contributed by atoms with E-state index in [1.165, 1.54) is 11.8 Å². The van der Waals surface area contributed by atoms with Crippen LogP contribution in [0.5, 0.6) is 11.5 Å². The van der Waals surface area contributed by atoms with Crippen molar-refractivity contribution >= 4 is 24.0 Å². The number of nitrogens with zero attached hydrogens (tertiary/aromatic N) is 1. The Hall–Kier alpha value is -1.81. The summed E-state index contributed by atoms with van der Waals surface area (Å²) in [6.07, 6.45) is 0. The van der Waals surface area contributed by atoms with Gasteiger partial charge in [-0.05, 0) is 31.3 Å². The molecule has 9 heteroatoms. The fraction of sp³-hybridized carbons (Fsp3) is 0.375. The Morgan fingerprint density at radius 3 is 2.44 bits per heavy atom. The Kier molecular flexibility index (Phi) is 7.06. The molecule has 7 nitrogen and oxygen atoms in total. The molecule has 136 valence electrons. The number of ether oxygens (including phenoxy) is 3. The van der Waals surface area contributed by atoms with Crippen molar-refractivity contribution in [2.45, 2.75) is 23.6 Å². The molecule has 0 fully saturated rings. The molecule has 0 unspecified atom stereocenters. The zero-order valence-corrected chi connectivity index (χ0v) is 15.8. The number of nitrogens with one attached hydrogen (secondary N) is 1. The second-order valence-electron chi connectivity index (χ2n) is 5.03. The van der Waals surface area contributed by atoms with Crippen molar-refractivity contribution in [1.29, 1.82) is 0 Å². The van der Waals surface area contributed by atoms with Gasteiger partial charge in [0.2, 0.25) is 0 Å². The zero-order valence-electron chi connectivity index (χ0n) is 14.2. The highest BCUT2D eigenvalue weighted by Crippen LogP contribution is 2.34. The number of hydrogen-bond donors (Lipinski definition) is 2. The van der Waals surface area contributed by atoms with Crippen LogP contribution in [0.2, 0.25) is 0 Å². The Balaban J connectivity index is 2.47. The van der Waals surface area contributed by atoms with Crippen molar-refractivity contribution in [2.75, 3.05) is 27.4 Å². The third-order valence-corrected chi connectivity index (χ3v) is 4.88. The molecule has 0 spiro atoms. The normalized spacial score (nSPS) is 10.7. The minimum atomic E-state index is -0.249.